The Bertz CT molecular complexity index is 1300. The Kier molecular flexibility index (Phi) is 8.55. The molecule has 1 fully saturated rings. The molecule has 1 amide bonds. The highest BCUT2D eigenvalue weighted by atomic mass is 35.5. The molecule has 5 nitrogen and oxygen atoms in total. The highest BCUT2D eigenvalue weighted by molar-refractivity contribution is 7.97. The number of carbonyl (C=O) groups is 1. The van der Waals surface area contributed by atoms with Crippen LogP contribution < -0.4 is 9.46 Å². The highest BCUT2D eigenvalue weighted by Crippen LogP contribution is 2.35. The minimum atomic E-state index is -4.44. The highest BCUT2D eigenvalue weighted by Gasteiger charge is 2.31. The number of carbonyl (C=O) groups excluding carboxylic acids is 1. The van der Waals surface area contributed by atoms with Crippen molar-refractivity contribution in [1.29, 1.82) is 5.26 Å². The summed E-state index contributed by atoms with van der Waals surface area (Å²) in [6.07, 6.45) is -3.14. The van der Waals surface area contributed by atoms with Crippen molar-refractivity contribution in [3.63, 3.8) is 0 Å². The van der Waals surface area contributed by atoms with E-state index in [2.05, 4.69) is 10.8 Å². The van der Waals surface area contributed by atoms with Gasteiger partial charge in [-0.15, -0.1) is 0 Å². The lowest BCUT2D eigenvalue weighted by molar-refractivity contribution is -0.137. The summed E-state index contributed by atoms with van der Waals surface area (Å²) < 4.78 is 47.7. The van der Waals surface area contributed by atoms with E-state index < -0.39 is 11.7 Å². The number of alkyl halides is 3. The number of nitrogens with one attached hydrogen (secondary N) is 1. The number of piperidine rings is 1. The minimum Gasteiger partial charge on any atom is -0.456 e. The molecule has 0 saturated carbocycles. The maximum atomic E-state index is 12.8. The molecule has 11 heteroatoms. The molecule has 1 heterocycles. The number of rotatable bonds is 6. The van der Waals surface area contributed by atoms with Gasteiger partial charge < -0.3 is 9.64 Å². The van der Waals surface area contributed by atoms with Crippen LogP contribution in [0.15, 0.2) is 65.6 Å². The van der Waals surface area contributed by atoms with Crippen LogP contribution in [0, 0.1) is 11.3 Å². The largest absolute Gasteiger partial charge is 0.456 e. The topological polar surface area (TPSA) is 65.4 Å². The van der Waals surface area contributed by atoms with Gasteiger partial charge in [-0.05, 0) is 85.5 Å². The second kappa shape index (κ2) is 11.7. The normalized spacial score (nSPS) is 14.3. The Balaban J connectivity index is 1.36. The van der Waals surface area contributed by atoms with Gasteiger partial charge in [-0.2, -0.15) is 18.4 Å². The van der Waals surface area contributed by atoms with Crippen LogP contribution in [-0.4, -0.2) is 29.9 Å². The number of hydrogen-bond donors (Lipinski definition) is 1. The fraction of sp³-hybridized carbons (Fsp3) is 0.231. The van der Waals surface area contributed by atoms with Crippen LogP contribution in [0.25, 0.3) is 0 Å². The first-order valence-corrected chi connectivity index (χ1v) is 12.8. The van der Waals surface area contributed by atoms with Gasteiger partial charge in [0.25, 0.3) is 5.91 Å². The van der Waals surface area contributed by atoms with Gasteiger partial charge in [0, 0.05) is 34.7 Å². The van der Waals surface area contributed by atoms with Gasteiger partial charge in [0.1, 0.15) is 11.5 Å². The number of nitrogens with zero attached hydrogens (tertiary/aromatic N) is 2. The molecule has 3 aromatic rings. The van der Waals surface area contributed by atoms with Crippen LogP contribution in [0.2, 0.25) is 10.0 Å². The van der Waals surface area contributed by atoms with Gasteiger partial charge in [-0.25, -0.2) is 0 Å². The van der Waals surface area contributed by atoms with Crippen molar-refractivity contribution in [3.8, 4) is 17.6 Å². The molecule has 0 spiro atoms. The van der Waals surface area contributed by atoms with Crippen molar-refractivity contribution in [2.45, 2.75) is 30.0 Å². The second-order valence-corrected chi connectivity index (χ2v) is 10.1. The Morgan fingerprint density at radius 1 is 1.03 bits per heavy atom. The first kappa shape index (κ1) is 27.1. The second-order valence-electron chi connectivity index (χ2n) is 8.34. The smallest absolute Gasteiger partial charge is 0.416 e. The van der Waals surface area contributed by atoms with E-state index in [9.17, 15) is 23.2 Å². The van der Waals surface area contributed by atoms with Gasteiger partial charge in [-0.1, -0.05) is 23.2 Å². The average molecular weight is 566 g/mol. The number of halogens is 5. The van der Waals surface area contributed by atoms with Crippen molar-refractivity contribution >= 4 is 41.1 Å². The zero-order valence-electron chi connectivity index (χ0n) is 19.2. The van der Waals surface area contributed by atoms with Crippen LogP contribution in [0.1, 0.15) is 34.3 Å². The van der Waals surface area contributed by atoms with Crippen molar-refractivity contribution < 1.29 is 22.7 Å². The molecular weight excluding hydrogens is 546 g/mol. The molecule has 37 heavy (non-hydrogen) atoms. The van der Waals surface area contributed by atoms with E-state index in [1.165, 1.54) is 24.1 Å². The summed E-state index contributed by atoms with van der Waals surface area (Å²) in [6.45, 7) is 0.918. The Labute approximate surface area is 226 Å². The molecule has 1 N–H and O–H groups in total. The quantitative estimate of drug-likeness (QED) is 0.312. The molecule has 0 bridgehead atoms. The third kappa shape index (κ3) is 7.11. The summed E-state index contributed by atoms with van der Waals surface area (Å²) in [6, 6.07) is 16.4. The molecule has 0 aromatic heterocycles. The molecule has 4 rings (SSSR count). The maximum absolute atomic E-state index is 12.8. The zero-order valence-corrected chi connectivity index (χ0v) is 21.5. The summed E-state index contributed by atoms with van der Waals surface area (Å²) >= 11 is 13.5. The first-order chi connectivity index (χ1) is 17.6. The molecule has 192 valence electrons. The van der Waals surface area contributed by atoms with E-state index in [0.717, 1.165) is 12.1 Å². The Morgan fingerprint density at radius 2 is 1.68 bits per heavy atom. The van der Waals surface area contributed by atoms with Gasteiger partial charge in [-0.3, -0.25) is 9.52 Å². The van der Waals surface area contributed by atoms with Crippen LogP contribution in [0.4, 0.5) is 13.2 Å². The maximum Gasteiger partial charge on any atom is 0.416 e. The Hall–Kier alpha value is -2.90. The Morgan fingerprint density at radius 3 is 2.27 bits per heavy atom. The molecule has 1 saturated heterocycles. The molecule has 0 aliphatic carbocycles. The lowest BCUT2D eigenvalue weighted by Gasteiger charge is -2.32. The fourth-order valence-corrected chi connectivity index (χ4v) is 5.22. The number of ether oxygens (including phenoxy) is 1. The summed E-state index contributed by atoms with van der Waals surface area (Å²) in [7, 11) is 0. The van der Waals surface area contributed by atoms with Crippen molar-refractivity contribution in [2.75, 3.05) is 13.1 Å². The number of nitriles is 1. The molecule has 0 atom stereocenters. The molecule has 0 unspecified atom stereocenters. The standard InChI is InChI=1S/C26H20Cl2F3N3O2S/c27-19-12-20(28)14-22(13-19)36-23-6-1-16(15-32)11-24(23)37-33-21-7-9-34(10-8-21)25(35)17-2-4-18(5-3-17)26(29,30)31/h1-6,11-14,21,33H,7-10H2. The lowest BCUT2D eigenvalue weighted by atomic mass is 10.0. The van der Waals surface area contributed by atoms with E-state index in [4.69, 9.17) is 27.9 Å². The van der Waals surface area contributed by atoms with Crippen LogP contribution >= 0.6 is 35.1 Å². The summed E-state index contributed by atoms with van der Waals surface area (Å²) in [4.78, 5) is 15.1. The number of likely N-dealkylation sites (tertiary alicyclic amines) is 1. The van der Waals surface area contributed by atoms with E-state index in [1.807, 2.05) is 0 Å². The molecular formula is C26H20Cl2F3N3O2S. The van der Waals surface area contributed by atoms with Gasteiger partial charge >= 0.3 is 6.18 Å². The third-order valence-electron chi connectivity index (χ3n) is 5.71. The van der Waals surface area contributed by atoms with Crippen molar-refractivity contribution in [3.05, 3.63) is 87.4 Å². The minimum absolute atomic E-state index is 0.0702. The lowest BCUT2D eigenvalue weighted by Crippen LogP contribution is -2.43. The van der Waals surface area contributed by atoms with E-state index >= 15 is 0 Å². The molecule has 1 aliphatic rings. The van der Waals surface area contributed by atoms with Crippen molar-refractivity contribution in [1.82, 2.24) is 9.62 Å². The average Bonchev–Trinajstić information content (AvgIpc) is 2.87. The van der Waals surface area contributed by atoms with Gasteiger partial charge in [0.2, 0.25) is 0 Å². The summed E-state index contributed by atoms with van der Waals surface area (Å²) in [5.74, 6) is 0.682. The van der Waals surface area contributed by atoms with E-state index in [1.54, 1.807) is 41.3 Å². The van der Waals surface area contributed by atoms with Crippen molar-refractivity contribution in [2.24, 2.45) is 0 Å². The number of benzene rings is 3. The number of hydrogen-bond acceptors (Lipinski definition) is 5. The van der Waals surface area contributed by atoms with Gasteiger partial charge in [0.15, 0.2) is 0 Å². The SMILES string of the molecule is N#Cc1ccc(Oc2cc(Cl)cc(Cl)c2)c(SNC2CCN(C(=O)c3ccc(C(F)(F)F)cc3)CC2)c1. The predicted molar refractivity (Wildman–Crippen MR) is 137 cm³/mol. The first-order valence-electron chi connectivity index (χ1n) is 11.2. The van der Waals surface area contributed by atoms with Crippen LogP contribution in [0.3, 0.4) is 0 Å². The fourth-order valence-electron chi connectivity index (χ4n) is 3.79. The molecule has 1 aliphatic heterocycles. The van der Waals surface area contributed by atoms with Crippen LogP contribution in [0.5, 0.6) is 11.5 Å². The van der Waals surface area contributed by atoms with Crippen LogP contribution in [-0.2, 0) is 6.18 Å². The number of amides is 1. The van der Waals surface area contributed by atoms with E-state index in [0.29, 0.717) is 57.9 Å². The third-order valence-corrected chi connectivity index (χ3v) is 7.14. The van der Waals surface area contributed by atoms with Gasteiger partial charge in [0.05, 0.1) is 22.1 Å². The summed E-state index contributed by atoms with van der Waals surface area (Å²) in [5.41, 5.74) is -0.0889. The molecule has 3 aromatic carbocycles. The predicted octanol–water partition coefficient (Wildman–Crippen LogP) is 7.58. The zero-order chi connectivity index (χ0) is 26.6. The van der Waals surface area contributed by atoms with E-state index in [-0.39, 0.29) is 17.5 Å². The monoisotopic (exact) mass is 565 g/mol. The molecule has 0 radical (unpaired) electrons. The summed E-state index contributed by atoms with van der Waals surface area (Å²) in [5, 5.41) is 10.2.